The molecule has 1 aromatic carbocycles. The molecule has 0 aromatic heterocycles. The molecule has 1 atom stereocenters. The molecular weight excluding hydrogens is 235 g/mol. The van der Waals surface area contributed by atoms with Gasteiger partial charge in [-0.2, -0.15) is 0 Å². The molecule has 1 unspecified atom stereocenters. The summed E-state index contributed by atoms with van der Waals surface area (Å²) in [4.78, 5) is 8.76. The topological polar surface area (TPSA) is 46.5 Å². The molecule has 0 aliphatic heterocycles. The lowest BCUT2D eigenvalue weighted by atomic mass is 10.0. The van der Waals surface area contributed by atoms with Crippen LogP contribution >= 0.6 is 8.25 Å². The lowest BCUT2D eigenvalue weighted by Gasteiger charge is -2.03. The van der Waals surface area contributed by atoms with Gasteiger partial charge in [-0.15, -0.1) is 4.89 Å². The highest BCUT2D eigenvalue weighted by molar-refractivity contribution is 7.32. The van der Waals surface area contributed by atoms with Crippen molar-refractivity contribution in [1.82, 2.24) is 0 Å². The molecule has 0 radical (unpaired) electrons. The van der Waals surface area contributed by atoms with Crippen LogP contribution in [0.25, 0.3) is 0 Å². The number of aryl methyl sites for hydroxylation is 1. The molecule has 4 heteroatoms. The maximum atomic E-state index is 10.7. The predicted octanol–water partition coefficient (Wildman–Crippen LogP) is 4.23. The summed E-state index contributed by atoms with van der Waals surface area (Å²) in [5.41, 5.74) is 1.02. The number of hydrogen-bond acceptors (Lipinski definition) is 2. The molecule has 0 heterocycles. The molecule has 1 rings (SSSR count). The SMILES string of the molecule is CCCCCCCc1ccccc1O[P+](=O)O. The average molecular weight is 255 g/mol. The van der Waals surface area contributed by atoms with E-state index in [1.54, 1.807) is 6.07 Å². The molecule has 0 saturated heterocycles. The second-order valence-corrected chi connectivity index (χ2v) is 4.76. The van der Waals surface area contributed by atoms with Crippen molar-refractivity contribution in [3.63, 3.8) is 0 Å². The maximum Gasteiger partial charge on any atom is 0.747 e. The van der Waals surface area contributed by atoms with Crippen molar-refractivity contribution in [1.29, 1.82) is 0 Å². The Morgan fingerprint density at radius 1 is 1.18 bits per heavy atom. The van der Waals surface area contributed by atoms with Crippen molar-refractivity contribution < 1.29 is 14.0 Å². The van der Waals surface area contributed by atoms with Gasteiger partial charge in [-0.3, -0.25) is 0 Å². The van der Waals surface area contributed by atoms with Crippen molar-refractivity contribution in [2.24, 2.45) is 0 Å². The molecule has 94 valence electrons. The third kappa shape index (κ3) is 5.81. The molecule has 0 spiro atoms. The average Bonchev–Trinajstić information content (AvgIpc) is 2.30. The Kier molecular flexibility index (Phi) is 6.83. The normalized spacial score (nSPS) is 11.3. The van der Waals surface area contributed by atoms with Gasteiger partial charge < -0.3 is 0 Å². The Bertz CT molecular complexity index is 352. The summed E-state index contributed by atoms with van der Waals surface area (Å²) in [7, 11) is -2.57. The zero-order valence-corrected chi connectivity index (χ0v) is 11.2. The Hall–Kier alpha value is -0.920. The number of rotatable bonds is 8. The summed E-state index contributed by atoms with van der Waals surface area (Å²) in [6.07, 6.45) is 6.98. The maximum absolute atomic E-state index is 10.7. The van der Waals surface area contributed by atoms with Gasteiger partial charge in [-0.1, -0.05) is 50.8 Å². The number of unbranched alkanes of at least 4 members (excludes halogenated alkanes) is 4. The van der Waals surface area contributed by atoms with Crippen LogP contribution in [0.2, 0.25) is 0 Å². The second kappa shape index (κ2) is 8.21. The molecule has 17 heavy (non-hydrogen) atoms. The quantitative estimate of drug-likeness (QED) is 0.558. The van der Waals surface area contributed by atoms with Crippen LogP contribution in [0.3, 0.4) is 0 Å². The molecule has 0 bridgehead atoms. The van der Waals surface area contributed by atoms with Crippen LogP contribution in [0.4, 0.5) is 0 Å². The lowest BCUT2D eigenvalue weighted by molar-refractivity contribution is 0.408. The highest BCUT2D eigenvalue weighted by Gasteiger charge is 2.16. The third-order valence-corrected chi connectivity index (χ3v) is 3.05. The van der Waals surface area contributed by atoms with E-state index in [-0.39, 0.29) is 0 Å². The number of benzene rings is 1. The number of hydrogen-bond donors (Lipinski definition) is 1. The fourth-order valence-corrected chi connectivity index (χ4v) is 2.15. The Balaban J connectivity index is 2.43. The first-order valence-corrected chi connectivity index (χ1v) is 7.29. The van der Waals surface area contributed by atoms with E-state index in [1.807, 2.05) is 18.2 Å². The van der Waals surface area contributed by atoms with E-state index in [4.69, 9.17) is 9.42 Å². The van der Waals surface area contributed by atoms with Crippen molar-refractivity contribution >= 4 is 8.25 Å². The summed E-state index contributed by atoms with van der Waals surface area (Å²) in [6.45, 7) is 2.20. The van der Waals surface area contributed by atoms with Gasteiger partial charge in [0.15, 0.2) is 5.75 Å². The molecule has 1 aromatic rings. The van der Waals surface area contributed by atoms with Gasteiger partial charge in [0.05, 0.1) is 0 Å². The zero-order chi connectivity index (χ0) is 12.5. The Morgan fingerprint density at radius 2 is 1.88 bits per heavy atom. The molecular formula is C13H20O3P+. The minimum atomic E-state index is -2.57. The van der Waals surface area contributed by atoms with Crippen LogP contribution in [0.1, 0.15) is 44.6 Å². The molecule has 1 N–H and O–H groups in total. The monoisotopic (exact) mass is 255 g/mol. The van der Waals surface area contributed by atoms with Crippen molar-refractivity contribution in [2.45, 2.75) is 45.4 Å². The highest BCUT2D eigenvalue weighted by Crippen LogP contribution is 2.27. The third-order valence-electron chi connectivity index (χ3n) is 2.70. The van der Waals surface area contributed by atoms with Crippen molar-refractivity contribution in [3.05, 3.63) is 29.8 Å². The largest absolute Gasteiger partial charge is 0.747 e. The van der Waals surface area contributed by atoms with Crippen LogP contribution in [-0.2, 0) is 11.0 Å². The van der Waals surface area contributed by atoms with Gasteiger partial charge in [0.2, 0.25) is 0 Å². The second-order valence-electron chi connectivity index (χ2n) is 4.10. The van der Waals surface area contributed by atoms with E-state index in [9.17, 15) is 4.57 Å². The summed E-state index contributed by atoms with van der Waals surface area (Å²) < 4.78 is 15.6. The predicted molar refractivity (Wildman–Crippen MR) is 69.4 cm³/mol. The molecule has 0 aliphatic rings. The summed E-state index contributed by atoms with van der Waals surface area (Å²) >= 11 is 0. The minimum Gasteiger partial charge on any atom is -0.229 e. The van der Waals surface area contributed by atoms with E-state index < -0.39 is 8.25 Å². The first kappa shape index (κ1) is 14.1. The molecule has 3 nitrogen and oxygen atoms in total. The van der Waals surface area contributed by atoms with Gasteiger partial charge in [-0.25, -0.2) is 4.52 Å². The van der Waals surface area contributed by atoms with Crippen LogP contribution in [-0.4, -0.2) is 4.89 Å². The zero-order valence-electron chi connectivity index (χ0n) is 10.3. The minimum absolute atomic E-state index is 0.534. The van der Waals surface area contributed by atoms with E-state index in [2.05, 4.69) is 6.92 Å². The molecule has 0 amide bonds. The van der Waals surface area contributed by atoms with E-state index in [0.717, 1.165) is 18.4 Å². The van der Waals surface area contributed by atoms with Crippen molar-refractivity contribution in [2.75, 3.05) is 0 Å². The Morgan fingerprint density at radius 3 is 2.59 bits per heavy atom. The van der Waals surface area contributed by atoms with Crippen LogP contribution in [0.5, 0.6) is 5.75 Å². The smallest absolute Gasteiger partial charge is 0.229 e. The van der Waals surface area contributed by atoms with Gasteiger partial charge >= 0.3 is 8.25 Å². The molecule has 0 aliphatic carbocycles. The molecule has 0 fully saturated rings. The first-order valence-electron chi connectivity index (χ1n) is 6.16. The van der Waals surface area contributed by atoms with E-state index in [1.165, 1.54) is 25.7 Å². The fourth-order valence-electron chi connectivity index (χ4n) is 1.80. The van der Waals surface area contributed by atoms with E-state index >= 15 is 0 Å². The Labute approximate surface area is 104 Å². The number of para-hydroxylation sites is 1. The highest BCUT2D eigenvalue weighted by atomic mass is 31.1. The fraction of sp³-hybridized carbons (Fsp3) is 0.538. The van der Waals surface area contributed by atoms with Crippen LogP contribution in [0, 0.1) is 0 Å². The van der Waals surface area contributed by atoms with Gasteiger partial charge in [-0.05, 0) is 18.9 Å². The summed E-state index contributed by atoms with van der Waals surface area (Å²) in [6, 6.07) is 7.44. The van der Waals surface area contributed by atoms with Crippen LogP contribution < -0.4 is 4.52 Å². The standard InChI is InChI=1S/C13H19O3P/c1-2-3-4-5-6-9-12-10-7-8-11-13(12)16-17(14)15/h7-8,10-11H,2-6,9H2,1H3/p+1. The summed E-state index contributed by atoms with van der Waals surface area (Å²) in [5, 5.41) is 0. The van der Waals surface area contributed by atoms with Gasteiger partial charge in [0.1, 0.15) is 0 Å². The first-order chi connectivity index (χ1) is 8.24. The van der Waals surface area contributed by atoms with Crippen molar-refractivity contribution in [3.8, 4) is 5.75 Å². The van der Waals surface area contributed by atoms with Crippen LogP contribution in [0.15, 0.2) is 24.3 Å². The summed E-state index contributed by atoms with van der Waals surface area (Å²) in [5.74, 6) is 0.534. The lowest BCUT2D eigenvalue weighted by Crippen LogP contribution is -1.91. The van der Waals surface area contributed by atoms with Gasteiger partial charge in [0.25, 0.3) is 0 Å². The van der Waals surface area contributed by atoms with Gasteiger partial charge in [0, 0.05) is 10.1 Å². The molecule has 0 saturated carbocycles. The van der Waals surface area contributed by atoms with E-state index in [0.29, 0.717) is 5.75 Å².